The zero-order valence-electron chi connectivity index (χ0n) is 15.0. The van der Waals surface area contributed by atoms with E-state index in [0.29, 0.717) is 10.9 Å². The lowest BCUT2D eigenvalue weighted by Crippen LogP contribution is -1.99. The fraction of sp³-hybridized carbons (Fsp3) is 0.158. The average molecular weight is 386 g/mol. The van der Waals surface area contributed by atoms with Gasteiger partial charge in [-0.05, 0) is 43.0 Å². The summed E-state index contributed by atoms with van der Waals surface area (Å²) in [5, 5.41) is 20.0. The maximum Gasteiger partial charge on any atom is 0.296 e. The zero-order valence-corrected chi connectivity index (χ0v) is 15.8. The number of hydrogen-bond donors (Lipinski definition) is 2. The van der Waals surface area contributed by atoms with Crippen LogP contribution in [0.25, 0.3) is 10.8 Å². The Labute approximate surface area is 156 Å². The summed E-state index contributed by atoms with van der Waals surface area (Å²) in [6.07, 6.45) is 0. The number of fused-ring (bicyclic) bond motifs is 1. The van der Waals surface area contributed by atoms with Crippen LogP contribution in [0.5, 0.6) is 11.5 Å². The summed E-state index contributed by atoms with van der Waals surface area (Å²) >= 11 is 0. The van der Waals surface area contributed by atoms with Crippen molar-refractivity contribution in [3.63, 3.8) is 0 Å². The van der Waals surface area contributed by atoms with Crippen LogP contribution in [0.1, 0.15) is 11.1 Å². The lowest BCUT2D eigenvalue weighted by molar-refractivity contribution is 0.412. The van der Waals surface area contributed by atoms with Gasteiger partial charge in [-0.25, -0.2) is 0 Å². The first-order valence-electron chi connectivity index (χ1n) is 8.01. The average Bonchev–Trinajstić information content (AvgIpc) is 2.60. The molecule has 7 nitrogen and oxygen atoms in total. The van der Waals surface area contributed by atoms with Crippen molar-refractivity contribution >= 4 is 32.3 Å². The fourth-order valence-electron chi connectivity index (χ4n) is 2.77. The Kier molecular flexibility index (Phi) is 4.86. The van der Waals surface area contributed by atoms with Gasteiger partial charge in [0.1, 0.15) is 22.0 Å². The molecule has 0 bridgehead atoms. The second kappa shape index (κ2) is 6.98. The summed E-state index contributed by atoms with van der Waals surface area (Å²) < 4.78 is 37.7. The Balaban J connectivity index is 2.13. The Morgan fingerprint density at radius 3 is 2.41 bits per heavy atom. The van der Waals surface area contributed by atoms with E-state index in [1.807, 2.05) is 25.1 Å². The molecule has 0 atom stereocenters. The number of phenolic OH excluding ortho intramolecular Hbond substituents is 1. The van der Waals surface area contributed by atoms with Crippen LogP contribution in [0.4, 0.5) is 11.4 Å². The minimum absolute atomic E-state index is 0.0457. The SMILES string of the molecule is COc1ccc(N=Nc2c(C)cc3cc(C)ccc3c2O)c(S(=O)(=O)O)c1. The molecule has 0 fully saturated rings. The summed E-state index contributed by atoms with van der Waals surface area (Å²) in [6.45, 7) is 3.73. The molecule has 3 aromatic rings. The van der Waals surface area contributed by atoms with E-state index in [1.165, 1.54) is 19.2 Å². The van der Waals surface area contributed by atoms with Gasteiger partial charge in [-0.1, -0.05) is 23.8 Å². The molecular weight excluding hydrogens is 368 g/mol. The van der Waals surface area contributed by atoms with Crippen LogP contribution in [0.2, 0.25) is 0 Å². The van der Waals surface area contributed by atoms with Gasteiger partial charge in [-0.3, -0.25) is 4.55 Å². The third kappa shape index (κ3) is 3.76. The molecule has 0 heterocycles. The van der Waals surface area contributed by atoms with E-state index >= 15 is 0 Å². The van der Waals surface area contributed by atoms with Gasteiger partial charge in [0.15, 0.2) is 5.75 Å². The van der Waals surface area contributed by atoms with Crippen molar-refractivity contribution in [2.45, 2.75) is 18.7 Å². The van der Waals surface area contributed by atoms with Crippen molar-refractivity contribution in [2.24, 2.45) is 10.2 Å². The Morgan fingerprint density at radius 1 is 1.00 bits per heavy atom. The number of aromatic hydroxyl groups is 1. The Morgan fingerprint density at radius 2 is 1.74 bits per heavy atom. The van der Waals surface area contributed by atoms with Gasteiger partial charge in [0.2, 0.25) is 0 Å². The van der Waals surface area contributed by atoms with E-state index in [9.17, 15) is 18.1 Å². The molecule has 0 saturated heterocycles. The highest BCUT2D eigenvalue weighted by Crippen LogP contribution is 2.39. The number of methoxy groups -OCH3 is 1. The molecule has 0 aliphatic carbocycles. The molecule has 0 saturated carbocycles. The second-order valence-electron chi connectivity index (χ2n) is 6.12. The molecule has 0 aliphatic heterocycles. The molecule has 8 heteroatoms. The summed E-state index contributed by atoms with van der Waals surface area (Å²) in [5.41, 5.74) is 1.90. The number of nitrogens with zero attached hydrogens (tertiary/aromatic N) is 2. The first-order chi connectivity index (χ1) is 12.7. The van der Waals surface area contributed by atoms with Gasteiger partial charge in [-0.15, -0.1) is 10.2 Å². The summed E-state index contributed by atoms with van der Waals surface area (Å²) in [7, 11) is -3.15. The second-order valence-corrected chi connectivity index (χ2v) is 7.51. The molecule has 0 radical (unpaired) electrons. The molecule has 0 amide bonds. The van der Waals surface area contributed by atoms with Crippen molar-refractivity contribution < 1.29 is 22.8 Å². The number of ether oxygens (including phenoxy) is 1. The molecule has 2 N–H and O–H groups in total. The molecule has 3 aromatic carbocycles. The van der Waals surface area contributed by atoms with Crippen LogP contribution in [-0.4, -0.2) is 25.2 Å². The van der Waals surface area contributed by atoms with E-state index in [0.717, 1.165) is 17.0 Å². The van der Waals surface area contributed by atoms with Crippen LogP contribution in [0, 0.1) is 13.8 Å². The largest absolute Gasteiger partial charge is 0.505 e. The van der Waals surface area contributed by atoms with Gasteiger partial charge in [-0.2, -0.15) is 8.42 Å². The molecule has 140 valence electrons. The van der Waals surface area contributed by atoms with E-state index in [2.05, 4.69) is 10.2 Å². The van der Waals surface area contributed by atoms with Crippen molar-refractivity contribution in [1.29, 1.82) is 0 Å². The van der Waals surface area contributed by atoms with Gasteiger partial charge < -0.3 is 9.84 Å². The molecule has 0 aromatic heterocycles. The van der Waals surface area contributed by atoms with E-state index in [-0.39, 0.29) is 22.9 Å². The zero-order chi connectivity index (χ0) is 19.8. The van der Waals surface area contributed by atoms with E-state index < -0.39 is 15.0 Å². The third-order valence-corrected chi connectivity index (χ3v) is 5.02. The van der Waals surface area contributed by atoms with Crippen LogP contribution in [-0.2, 0) is 10.1 Å². The fourth-order valence-corrected chi connectivity index (χ4v) is 3.41. The highest BCUT2D eigenvalue weighted by Gasteiger charge is 2.17. The summed E-state index contributed by atoms with van der Waals surface area (Å²) in [6, 6.07) is 11.5. The van der Waals surface area contributed by atoms with Crippen LogP contribution >= 0.6 is 0 Å². The predicted molar refractivity (Wildman–Crippen MR) is 102 cm³/mol. The standard InChI is InChI=1S/C19H18N2O5S/c1-11-4-6-15-13(8-11)9-12(2)18(19(15)22)21-20-16-7-5-14(26-3)10-17(16)27(23,24)25/h4-10,22H,1-3H3,(H,23,24,25). The molecule has 3 rings (SSSR count). The van der Waals surface area contributed by atoms with E-state index in [4.69, 9.17) is 4.74 Å². The van der Waals surface area contributed by atoms with Crippen LogP contribution in [0.15, 0.2) is 57.6 Å². The molecule has 27 heavy (non-hydrogen) atoms. The number of benzene rings is 3. The van der Waals surface area contributed by atoms with Gasteiger partial charge in [0.05, 0.1) is 7.11 Å². The quantitative estimate of drug-likeness (QED) is 0.493. The minimum Gasteiger partial charge on any atom is -0.505 e. The number of phenols is 1. The molecular formula is C19H18N2O5S. The minimum atomic E-state index is -4.53. The number of hydrogen-bond acceptors (Lipinski definition) is 6. The lowest BCUT2D eigenvalue weighted by Gasteiger charge is -2.09. The Bertz CT molecular complexity index is 1170. The monoisotopic (exact) mass is 386 g/mol. The number of aryl methyl sites for hydroxylation is 2. The van der Waals surface area contributed by atoms with E-state index in [1.54, 1.807) is 13.0 Å². The van der Waals surface area contributed by atoms with Crippen molar-refractivity contribution in [3.8, 4) is 11.5 Å². The van der Waals surface area contributed by atoms with Gasteiger partial charge in [0.25, 0.3) is 10.1 Å². The smallest absolute Gasteiger partial charge is 0.296 e. The molecule has 0 spiro atoms. The highest BCUT2D eigenvalue weighted by atomic mass is 32.2. The van der Waals surface area contributed by atoms with Crippen LogP contribution < -0.4 is 4.74 Å². The maximum absolute atomic E-state index is 11.6. The normalized spacial score (nSPS) is 12.0. The summed E-state index contributed by atoms with van der Waals surface area (Å²) in [5.74, 6) is 0.206. The maximum atomic E-state index is 11.6. The first kappa shape index (κ1) is 18.8. The number of rotatable bonds is 4. The molecule has 0 unspecified atom stereocenters. The predicted octanol–water partition coefficient (Wildman–Crippen LogP) is 4.83. The Hall–Kier alpha value is -2.97. The van der Waals surface area contributed by atoms with Crippen molar-refractivity contribution in [3.05, 3.63) is 53.6 Å². The molecule has 0 aliphatic rings. The lowest BCUT2D eigenvalue weighted by atomic mass is 10.0. The number of azo groups is 1. The topological polar surface area (TPSA) is 109 Å². The van der Waals surface area contributed by atoms with Crippen molar-refractivity contribution in [1.82, 2.24) is 0 Å². The van der Waals surface area contributed by atoms with Crippen LogP contribution in [0.3, 0.4) is 0 Å². The van der Waals surface area contributed by atoms with Crippen molar-refractivity contribution in [2.75, 3.05) is 7.11 Å². The van der Waals surface area contributed by atoms with Gasteiger partial charge >= 0.3 is 0 Å². The first-order valence-corrected chi connectivity index (χ1v) is 9.45. The summed E-state index contributed by atoms with van der Waals surface area (Å²) in [4.78, 5) is -0.431. The van der Waals surface area contributed by atoms with Gasteiger partial charge in [0, 0.05) is 11.5 Å². The highest BCUT2D eigenvalue weighted by molar-refractivity contribution is 7.86. The third-order valence-electron chi connectivity index (χ3n) is 4.13.